The van der Waals surface area contributed by atoms with Gasteiger partial charge in [0.25, 0.3) is 0 Å². The second-order valence-corrected chi connectivity index (χ2v) is 4.02. The zero-order valence-corrected chi connectivity index (χ0v) is 10.9. The summed E-state index contributed by atoms with van der Waals surface area (Å²) in [5.74, 6) is 2.60. The van der Waals surface area contributed by atoms with Gasteiger partial charge in [0.05, 0.1) is 0 Å². The average molecular weight is 232 g/mol. The smallest absolute Gasteiger partial charge is 0.0271 e. The first-order valence-corrected chi connectivity index (χ1v) is 6.28. The summed E-state index contributed by atoms with van der Waals surface area (Å²) >= 11 is 0. The summed E-state index contributed by atoms with van der Waals surface area (Å²) < 4.78 is 0. The molecule has 96 valence electrons. The highest BCUT2D eigenvalue weighted by Gasteiger charge is 1.87. The molecule has 0 nitrogen and oxygen atoms in total. The van der Waals surface area contributed by atoms with Gasteiger partial charge in [-0.3, -0.25) is 0 Å². The van der Waals surface area contributed by atoms with Crippen molar-refractivity contribution < 1.29 is 0 Å². The summed E-state index contributed by atoms with van der Waals surface area (Å²) in [6.45, 7) is 6.50. The SMILES string of the molecule is C.C#Cc1ccccc1C.CCCCCCC. The molecule has 0 saturated heterocycles. The van der Waals surface area contributed by atoms with Crippen LogP contribution in [0.3, 0.4) is 0 Å². The summed E-state index contributed by atoms with van der Waals surface area (Å²) in [4.78, 5) is 0. The van der Waals surface area contributed by atoms with E-state index in [1.807, 2.05) is 31.2 Å². The van der Waals surface area contributed by atoms with Crippen LogP contribution in [0.1, 0.15) is 64.5 Å². The Bertz CT molecular complexity index is 300. The molecule has 0 heterocycles. The van der Waals surface area contributed by atoms with E-state index in [0.717, 1.165) is 5.56 Å². The normalized spacial score (nSPS) is 8.35. The summed E-state index contributed by atoms with van der Waals surface area (Å²) in [6.07, 6.45) is 12.2. The second kappa shape index (κ2) is 12.8. The van der Waals surface area contributed by atoms with Crippen LogP contribution in [-0.2, 0) is 0 Å². The first-order chi connectivity index (χ1) is 7.76. The maximum absolute atomic E-state index is 5.20. The lowest BCUT2D eigenvalue weighted by atomic mass is 10.1. The third-order valence-electron chi connectivity index (χ3n) is 2.51. The molecular formula is C17H28. The molecule has 0 heteroatoms. The van der Waals surface area contributed by atoms with Gasteiger partial charge in [-0.15, -0.1) is 6.42 Å². The number of aryl methyl sites for hydroxylation is 1. The summed E-state index contributed by atoms with van der Waals surface area (Å²) in [7, 11) is 0. The van der Waals surface area contributed by atoms with Crippen molar-refractivity contribution in [2.75, 3.05) is 0 Å². The standard InChI is InChI=1S/C9H8.C7H16.CH4/c1-3-9-7-5-4-6-8(9)2;1-3-5-7-6-4-2;/h1,4-7H,2H3;3-7H2,1-2H3;1H4. The molecule has 0 fully saturated rings. The van der Waals surface area contributed by atoms with Crippen LogP contribution in [0.2, 0.25) is 0 Å². The Morgan fingerprint density at radius 2 is 1.53 bits per heavy atom. The molecule has 17 heavy (non-hydrogen) atoms. The molecule has 1 aromatic carbocycles. The van der Waals surface area contributed by atoms with Crippen LogP contribution in [0.15, 0.2) is 24.3 Å². The van der Waals surface area contributed by atoms with Gasteiger partial charge in [-0.1, -0.05) is 77.5 Å². The predicted octanol–water partition coefficient (Wildman–Crippen LogP) is 5.59. The average Bonchev–Trinajstić information content (AvgIpc) is 2.31. The minimum atomic E-state index is 0. The van der Waals surface area contributed by atoms with Gasteiger partial charge < -0.3 is 0 Å². The largest absolute Gasteiger partial charge is 0.115 e. The van der Waals surface area contributed by atoms with Gasteiger partial charge in [0, 0.05) is 5.56 Å². The van der Waals surface area contributed by atoms with Crippen molar-refractivity contribution in [1.29, 1.82) is 0 Å². The van der Waals surface area contributed by atoms with E-state index in [2.05, 4.69) is 19.8 Å². The van der Waals surface area contributed by atoms with Crippen LogP contribution in [0.4, 0.5) is 0 Å². The molecule has 0 atom stereocenters. The lowest BCUT2D eigenvalue weighted by Crippen LogP contribution is -1.77. The molecule has 0 aromatic heterocycles. The Morgan fingerprint density at radius 1 is 1.00 bits per heavy atom. The Balaban J connectivity index is 0. The Hall–Kier alpha value is -1.22. The molecule has 0 unspecified atom stereocenters. The molecule has 0 aliphatic heterocycles. The van der Waals surface area contributed by atoms with Gasteiger partial charge in [0.2, 0.25) is 0 Å². The molecule has 0 aliphatic rings. The minimum Gasteiger partial charge on any atom is -0.115 e. The van der Waals surface area contributed by atoms with Crippen molar-refractivity contribution in [2.24, 2.45) is 0 Å². The van der Waals surface area contributed by atoms with Crippen molar-refractivity contribution in [3.63, 3.8) is 0 Å². The second-order valence-electron chi connectivity index (χ2n) is 4.02. The van der Waals surface area contributed by atoms with E-state index >= 15 is 0 Å². The highest BCUT2D eigenvalue weighted by atomic mass is 13.9. The summed E-state index contributed by atoms with van der Waals surface area (Å²) in [5.41, 5.74) is 2.15. The van der Waals surface area contributed by atoms with Crippen LogP contribution >= 0.6 is 0 Å². The highest BCUT2D eigenvalue weighted by Crippen LogP contribution is 2.03. The lowest BCUT2D eigenvalue weighted by Gasteiger charge is -1.92. The van der Waals surface area contributed by atoms with E-state index in [4.69, 9.17) is 6.42 Å². The van der Waals surface area contributed by atoms with E-state index in [9.17, 15) is 0 Å². The predicted molar refractivity (Wildman–Crippen MR) is 80.3 cm³/mol. The fraction of sp³-hybridized carbons (Fsp3) is 0.529. The highest BCUT2D eigenvalue weighted by molar-refractivity contribution is 5.38. The molecule has 0 radical (unpaired) electrons. The first-order valence-electron chi connectivity index (χ1n) is 6.28. The Labute approximate surface area is 108 Å². The number of benzene rings is 1. The molecule has 0 aliphatic carbocycles. The van der Waals surface area contributed by atoms with E-state index in [1.54, 1.807) is 0 Å². The number of unbranched alkanes of at least 4 members (excludes halogenated alkanes) is 4. The van der Waals surface area contributed by atoms with Gasteiger partial charge >= 0.3 is 0 Å². The van der Waals surface area contributed by atoms with Crippen LogP contribution in [0.25, 0.3) is 0 Å². The quantitative estimate of drug-likeness (QED) is 0.469. The van der Waals surface area contributed by atoms with Crippen LogP contribution in [0.5, 0.6) is 0 Å². The van der Waals surface area contributed by atoms with Gasteiger partial charge in [-0.05, 0) is 18.6 Å². The molecule has 1 rings (SSSR count). The Kier molecular flexibility index (Phi) is 13.7. The molecule has 1 aromatic rings. The molecule has 0 spiro atoms. The van der Waals surface area contributed by atoms with Gasteiger partial charge in [0.1, 0.15) is 0 Å². The summed E-state index contributed by atoms with van der Waals surface area (Å²) in [5, 5.41) is 0. The molecule has 0 amide bonds. The summed E-state index contributed by atoms with van der Waals surface area (Å²) in [6, 6.07) is 7.88. The van der Waals surface area contributed by atoms with Crippen molar-refractivity contribution in [1.82, 2.24) is 0 Å². The molecular weight excluding hydrogens is 204 g/mol. The third-order valence-corrected chi connectivity index (χ3v) is 2.51. The maximum atomic E-state index is 5.20. The zero-order valence-electron chi connectivity index (χ0n) is 10.9. The number of terminal acetylenes is 1. The molecule has 0 N–H and O–H groups in total. The van der Waals surface area contributed by atoms with E-state index in [0.29, 0.717) is 0 Å². The topological polar surface area (TPSA) is 0 Å². The molecule has 0 saturated carbocycles. The van der Waals surface area contributed by atoms with Crippen molar-refractivity contribution in [3.05, 3.63) is 35.4 Å². The number of hydrogen-bond acceptors (Lipinski definition) is 0. The lowest BCUT2D eigenvalue weighted by molar-refractivity contribution is 0.656. The fourth-order valence-electron chi connectivity index (χ4n) is 1.41. The van der Waals surface area contributed by atoms with E-state index < -0.39 is 0 Å². The van der Waals surface area contributed by atoms with Gasteiger partial charge in [-0.25, -0.2) is 0 Å². The maximum Gasteiger partial charge on any atom is 0.0271 e. The first kappa shape index (κ1) is 18.2. The van der Waals surface area contributed by atoms with Crippen LogP contribution < -0.4 is 0 Å². The fourth-order valence-corrected chi connectivity index (χ4v) is 1.41. The van der Waals surface area contributed by atoms with Gasteiger partial charge in [-0.2, -0.15) is 0 Å². The van der Waals surface area contributed by atoms with Crippen molar-refractivity contribution in [2.45, 2.75) is 60.3 Å². The van der Waals surface area contributed by atoms with Crippen molar-refractivity contribution >= 4 is 0 Å². The van der Waals surface area contributed by atoms with E-state index in [-0.39, 0.29) is 7.43 Å². The zero-order chi connectivity index (χ0) is 12.2. The Morgan fingerprint density at radius 3 is 1.88 bits per heavy atom. The molecule has 0 bridgehead atoms. The van der Waals surface area contributed by atoms with Gasteiger partial charge in [0.15, 0.2) is 0 Å². The van der Waals surface area contributed by atoms with Crippen molar-refractivity contribution in [3.8, 4) is 12.3 Å². The minimum absolute atomic E-state index is 0. The van der Waals surface area contributed by atoms with Crippen LogP contribution in [-0.4, -0.2) is 0 Å². The third kappa shape index (κ3) is 9.69. The monoisotopic (exact) mass is 232 g/mol. The van der Waals surface area contributed by atoms with Crippen LogP contribution in [0, 0.1) is 19.3 Å². The number of hydrogen-bond donors (Lipinski definition) is 0. The number of rotatable bonds is 4. The van der Waals surface area contributed by atoms with E-state index in [1.165, 1.54) is 37.7 Å².